The fourth-order valence-corrected chi connectivity index (χ4v) is 5.30. The van der Waals surface area contributed by atoms with Crippen LogP contribution < -0.4 is 20.7 Å². The number of anilines is 2. The number of H-pyrrole nitrogens is 1. The monoisotopic (exact) mass is 604 g/mol. The van der Waals surface area contributed by atoms with Crippen LogP contribution in [0, 0.1) is 0 Å². The Hall–Kier alpha value is -5.28. The number of amides is 3. The number of fused-ring (bicyclic) bond motifs is 1. The summed E-state index contributed by atoms with van der Waals surface area (Å²) < 4.78 is 5.45. The van der Waals surface area contributed by atoms with Crippen LogP contribution in [0.15, 0.2) is 120 Å². The van der Waals surface area contributed by atoms with Gasteiger partial charge >= 0.3 is 0 Å². The van der Waals surface area contributed by atoms with Gasteiger partial charge in [-0.3, -0.25) is 14.4 Å². The van der Waals surface area contributed by atoms with Gasteiger partial charge in [0.25, 0.3) is 11.8 Å². The molecular formula is C35H32N4O4S. The first-order valence-electron chi connectivity index (χ1n) is 14.2. The molecule has 0 bridgehead atoms. The summed E-state index contributed by atoms with van der Waals surface area (Å²) in [5, 5.41) is 9.14. The molecule has 0 aliphatic carbocycles. The summed E-state index contributed by atoms with van der Waals surface area (Å²) in [5.74, 6) is -0.240. The number of benzene rings is 4. The Bertz CT molecular complexity index is 1780. The standard InChI is InChI=1S/C35H32N4O4S/c1-3-43-28-17-13-26(14-18-28)37-33(40)23(2)44-29-19-15-27(16-20-29)38-35(42)32(39-34(41)24-9-5-4-6-10-24)21-25-22-36-31-12-8-7-11-30(25)31/h4-23,36H,3H2,1-2H3,(H,37,40)(H,38,42)(H,39,41)/b32-21+/t23-/m1/s1. The average molecular weight is 605 g/mol. The zero-order valence-electron chi connectivity index (χ0n) is 24.3. The smallest absolute Gasteiger partial charge is 0.272 e. The van der Waals surface area contributed by atoms with Crippen molar-refractivity contribution in [2.75, 3.05) is 17.2 Å². The topological polar surface area (TPSA) is 112 Å². The number of rotatable bonds is 11. The third-order valence-electron chi connectivity index (χ3n) is 6.68. The zero-order valence-corrected chi connectivity index (χ0v) is 25.1. The average Bonchev–Trinajstić information content (AvgIpc) is 3.45. The summed E-state index contributed by atoms with van der Waals surface area (Å²) in [4.78, 5) is 43.2. The van der Waals surface area contributed by atoms with E-state index >= 15 is 0 Å². The van der Waals surface area contributed by atoms with Crippen LogP contribution in [0.1, 0.15) is 29.8 Å². The number of thioether (sulfide) groups is 1. The Kier molecular flexibility index (Phi) is 9.78. The fourth-order valence-electron chi connectivity index (χ4n) is 4.43. The van der Waals surface area contributed by atoms with E-state index in [-0.39, 0.29) is 16.9 Å². The van der Waals surface area contributed by atoms with Crippen LogP contribution in [-0.2, 0) is 9.59 Å². The Morgan fingerprint density at radius 3 is 2.23 bits per heavy atom. The van der Waals surface area contributed by atoms with Gasteiger partial charge in [-0.05, 0) is 86.7 Å². The quantitative estimate of drug-likeness (QED) is 0.0950. The van der Waals surface area contributed by atoms with Crippen LogP contribution >= 0.6 is 11.8 Å². The largest absolute Gasteiger partial charge is 0.494 e. The first-order chi connectivity index (χ1) is 21.4. The molecule has 0 fully saturated rings. The van der Waals surface area contributed by atoms with Gasteiger partial charge in [-0.1, -0.05) is 36.4 Å². The van der Waals surface area contributed by atoms with E-state index in [4.69, 9.17) is 4.74 Å². The van der Waals surface area contributed by atoms with E-state index in [1.54, 1.807) is 60.8 Å². The highest BCUT2D eigenvalue weighted by molar-refractivity contribution is 8.00. The lowest BCUT2D eigenvalue weighted by atomic mass is 10.1. The van der Waals surface area contributed by atoms with Crippen molar-refractivity contribution >= 4 is 57.8 Å². The number of aromatic nitrogens is 1. The third-order valence-corrected chi connectivity index (χ3v) is 7.79. The minimum atomic E-state index is -0.469. The highest BCUT2D eigenvalue weighted by Crippen LogP contribution is 2.27. The maximum Gasteiger partial charge on any atom is 0.272 e. The Morgan fingerprint density at radius 2 is 1.50 bits per heavy atom. The molecule has 0 unspecified atom stereocenters. The van der Waals surface area contributed by atoms with E-state index in [0.717, 1.165) is 27.1 Å². The normalized spacial score (nSPS) is 11.9. The molecule has 1 heterocycles. The van der Waals surface area contributed by atoms with Gasteiger partial charge in [-0.2, -0.15) is 0 Å². The molecular weight excluding hydrogens is 572 g/mol. The van der Waals surface area contributed by atoms with E-state index < -0.39 is 11.8 Å². The van der Waals surface area contributed by atoms with Gasteiger partial charge in [-0.15, -0.1) is 11.8 Å². The molecule has 9 heteroatoms. The van der Waals surface area contributed by atoms with Crippen molar-refractivity contribution in [2.45, 2.75) is 24.0 Å². The molecule has 3 amide bonds. The van der Waals surface area contributed by atoms with Crippen LogP contribution in [0.2, 0.25) is 0 Å². The molecule has 4 N–H and O–H groups in total. The molecule has 1 aromatic heterocycles. The van der Waals surface area contributed by atoms with Crippen molar-refractivity contribution in [2.24, 2.45) is 0 Å². The molecule has 0 saturated carbocycles. The van der Waals surface area contributed by atoms with Crippen molar-refractivity contribution in [3.63, 3.8) is 0 Å². The molecule has 0 aliphatic rings. The second-order valence-electron chi connectivity index (χ2n) is 9.85. The minimum Gasteiger partial charge on any atom is -0.494 e. The molecule has 1 atom stereocenters. The molecule has 5 rings (SSSR count). The van der Waals surface area contributed by atoms with Crippen LogP contribution in [0.3, 0.4) is 0 Å². The van der Waals surface area contributed by atoms with Crippen LogP contribution in [0.25, 0.3) is 17.0 Å². The van der Waals surface area contributed by atoms with Gasteiger partial charge < -0.3 is 25.7 Å². The highest BCUT2D eigenvalue weighted by atomic mass is 32.2. The summed E-state index contributed by atoms with van der Waals surface area (Å²) in [6.45, 7) is 4.33. The number of carbonyl (C=O) groups is 3. The Balaban J connectivity index is 1.25. The number of nitrogens with one attached hydrogen (secondary N) is 4. The predicted molar refractivity (Wildman–Crippen MR) is 177 cm³/mol. The van der Waals surface area contributed by atoms with Gasteiger partial charge in [0, 0.05) is 44.5 Å². The number of hydrogen-bond acceptors (Lipinski definition) is 5. The summed E-state index contributed by atoms with van der Waals surface area (Å²) in [5.41, 5.74) is 3.46. The Labute approximate surface area is 259 Å². The summed E-state index contributed by atoms with van der Waals surface area (Å²) in [6, 6.07) is 30.9. The lowest BCUT2D eigenvalue weighted by molar-refractivity contribution is -0.115. The molecule has 0 radical (unpaired) electrons. The number of aromatic amines is 1. The molecule has 5 aromatic rings. The van der Waals surface area contributed by atoms with Gasteiger partial charge in [0.1, 0.15) is 11.4 Å². The number of ether oxygens (including phenoxy) is 1. The van der Waals surface area contributed by atoms with Gasteiger partial charge in [0.05, 0.1) is 11.9 Å². The highest BCUT2D eigenvalue weighted by Gasteiger charge is 2.17. The molecule has 8 nitrogen and oxygen atoms in total. The molecule has 0 aliphatic heterocycles. The second-order valence-corrected chi connectivity index (χ2v) is 11.3. The minimum absolute atomic E-state index is 0.0987. The van der Waals surface area contributed by atoms with E-state index in [9.17, 15) is 14.4 Å². The molecule has 222 valence electrons. The SMILES string of the molecule is CCOc1ccc(NC(=O)[C@@H](C)Sc2ccc(NC(=O)/C(=C\c3c[nH]c4ccccc34)NC(=O)c3ccccc3)cc2)cc1. The number of carbonyl (C=O) groups excluding carboxylic acids is 3. The van der Waals surface area contributed by atoms with Gasteiger partial charge in [0.15, 0.2) is 0 Å². The van der Waals surface area contributed by atoms with E-state index in [1.165, 1.54) is 11.8 Å². The Morgan fingerprint density at radius 1 is 0.841 bits per heavy atom. The first kappa shape index (κ1) is 30.2. The summed E-state index contributed by atoms with van der Waals surface area (Å²) in [6.07, 6.45) is 3.45. The van der Waals surface area contributed by atoms with E-state index in [2.05, 4.69) is 20.9 Å². The second kappa shape index (κ2) is 14.3. The van der Waals surface area contributed by atoms with E-state index in [1.807, 2.05) is 68.4 Å². The summed E-state index contributed by atoms with van der Waals surface area (Å²) in [7, 11) is 0. The van der Waals surface area contributed by atoms with Crippen LogP contribution in [0.4, 0.5) is 11.4 Å². The third kappa shape index (κ3) is 7.76. The predicted octanol–water partition coefficient (Wildman–Crippen LogP) is 7.10. The van der Waals surface area contributed by atoms with Crippen molar-refractivity contribution in [1.29, 1.82) is 0 Å². The van der Waals surface area contributed by atoms with Crippen molar-refractivity contribution in [3.05, 3.63) is 126 Å². The number of para-hydroxylation sites is 1. The van der Waals surface area contributed by atoms with Gasteiger partial charge in [0.2, 0.25) is 5.91 Å². The van der Waals surface area contributed by atoms with Crippen LogP contribution in [-0.4, -0.2) is 34.6 Å². The van der Waals surface area contributed by atoms with Gasteiger partial charge in [-0.25, -0.2) is 0 Å². The van der Waals surface area contributed by atoms with E-state index in [0.29, 0.717) is 23.5 Å². The molecule has 0 saturated heterocycles. The molecule has 4 aromatic carbocycles. The van der Waals surface area contributed by atoms with Crippen molar-refractivity contribution < 1.29 is 19.1 Å². The maximum atomic E-state index is 13.5. The molecule has 44 heavy (non-hydrogen) atoms. The maximum absolute atomic E-state index is 13.5. The lowest BCUT2D eigenvalue weighted by Gasteiger charge is -2.14. The summed E-state index contributed by atoms with van der Waals surface area (Å²) >= 11 is 1.40. The van der Waals surface area contributed by atoms with Crippen molar-refractivity contribution in [1.82, 2.24) is 10.3 Å². The number of hydrogen-bond donors (Lipinski definition) is 4. The zero-order chi connectivity index (χ0) is 30.9. The first-order valence-corrected chi connectivity index (χ1v) is 15.0. The fraction of sp³-hybridized carbons (Fsp3) is 0.114. The molecule has 0 spiro atoms. The van der Waals surface area contributed by atoms with Crippen LogP contribution in [0.5, 0.6) is 5.75 Å². The lowest BCUT2D eigenvalue weighted by Crippen LogP contribution is -2.30. The van der Waals surface area contributed by atoms with Crippen molar-refractivity contribution in [3.8, 4) is 5.75 Å².